The Morgan fingerprint density at radius 1 is 1.19 bits per heavy atom. The van der Waals surface area contributed by atoms with Crippen molar-refractivity contribution in [3.63, 3.8) is 0 Å². The van der Waals surface area contributed by atoms with E-state index in [1.807, 2.05) is 29.2 Å². The monoisotopic (exact) mass is 376 g/mol. The fraction of sp³-hybridized carbons (Fsp3) is 0.333. The van der Waals surface area contributed by atoms with E-state index in [0.29, 0.717) is 12.2 Å². The van der Waals surface area contributed by atoms with Crippen molar-refractivity contribution in [2.75, 3.05) is 24.8 Å². The van der Waals surface area contributed by atoms with E-state index >= 15 is 0 Å². The summed E-state index contributed by atoms with van der Waals surface area (Å²) in [7, 11) is -1.91. The van der Waals surface area contributed by atoms with Crippen LogP contribution >= 0.6 is 0 Å². The van der Waals surface area contributed by atoms with Crippen molar-refractivity contribution in [3.8, 4) is 5.75 Å². The largest absolute Gasteiger partial charge is 0.497 e. The highest BCUT2D eigenvalue weighted by Crippen LogP contribution is 2.41. The minimum absolute atomic E-state index is 0.00342. The molecule has 0 bridgehead atoms. The summed E-state index contributed by atoms with van der Waals surface area (Å²) in [6.07, 6.45) is 2.82. The van der Waals surface area contributed by atoms with Crippen molar-refractivity contribution in [2.45, 2.75) is 23.8 Å². The van der Waals surface area contributed by atoms with Gasteiger partial charge in [0.2, 0.25) is 0 Å². The van der Waals surface area contributed by atoms with Crippen LogP contribution in [0.3, 0.4) is 0 Å². The minimum atomic E-state index is -3.51. The highest BCUT2D eigenvalue weighted by Gasteiger charge is 2.31. The number of nitro groups is 1. The van der Waals surface area contributed by atoms with Crippen molar-refractivity contribution < 1.29 is 18.1 Å². The maximum atomic E-state index is 11.7. The number of benzene rings is 2. The third-order valence-corrected chi connectivity index (χ3v) is 5.74. The molecule has 1 saturated heterocycles. The summed E-state index contributed by atoms with van der Waals surface area (Å²) in [4.78, 5) is 13.0. The SMILES string of the molecule is COc1ccc([C@H]2CCCN2c2ccc(S(C)(=O)=O)cc2[N+](=O)[O-])cc1. The number of sulfone groups is 1. The van der Waals surface area contributed by atoms with E-state index in [9.17, 15) is 18.5 Å². The topological polar surface area (TPSA) is 89.8 Å². The van der Waals surface area contributed by atoms with Gasteiger partial charge in [0, 0.05) is 18.9 Å². The Hall–Kier alpha value is -2.61. The first-order chi connectivity index (χ1) is 12.3. The van der Waals surface area contributed by atoms with Crippen molar-refractivity contribution in [1.29, 1.82) is 0 Å². The lowest BCUT2D eigenvalue weighted by Gasteiger charge is -2.27. The molecule has 0 aromatic heterocycles. The van der Waals surface area contributed by atoms with Crippen LogP contribution < -0.4 is 9.64 Å². The zero-order valence-corrected chi connectivity index (χ0v) is 15.4. The van der Waals surface area contributed by atoms with Gasteiger partial charge in [0.25, 0.3) is 5.69 Å². The molecule has 3 rings (SSSR count). The van der Waals surface area contributed by atoms with E-state index in [1.165, 1.54) is 12.1 Å². The molecule has 0 amide bonds. The lowest BCUT2D eigenvalue weighted by atomic mass is 10.0. The lowest BCUT2D eigenvalue weighted by Crippen LogP contribution is -2.23. The number of anilines is 1. The Morgan fingerprint density at radius 2 is 1.88 bits per heavy atom. The third-order valence-electron chi connectivity index (χ3n) is 4.63. The molecule has 0 saturated carbocycles. The van der Waals surface area contributed by atoms with Crippen LogP contribution in [0, 0.1) is 10.1 Å². The second-order valence-electron chi connectivity index (χ2n) is 6.30. The molecule has 0 radical (unpaired) electrons. The number of methoxy groups -OCH3 is 1. The van der Waals surface area contributed by atoms with Gasteiger partial charge >= 0.3 is 0 Å². The predicted octanol–water partition coefficient (Wildman–Crippen LogP) is 3.35. The third kappa shape index (κ3) is 3.50. The van der Waals surface area contributed by atoms with Crippen LogP contribution in [-0.4, -0.2) is 33.3 Å². The highest BCUT2D eigenvalue weighted by molar-refractivity contribution is 7.90. The van der Waals surface area contributed by atoms with E-state index in [0.717, 1.165) is 36.5 Å². The van der Waals surface area contributed by atoms with Gasteiger partial charge in [-0.3, -0.25) is 10.1 Å². The molecular formula is C18H20N2O5S. The molecule has 1 aliphatic heterocycles. The van der Waals surface area contributed by atoms with Crippen LogP contribution in [0.5, 0.6) is 5.75 Å². The smallest absolute Gasteiger partial charge is 0.293 e. The van der Waals surface area contributed by atoms with Crippen molar-refractivity contribution in [1.82, 2.24) is 0 Å². The number of hydrogen-bond donors (Lipinski definition) is 0. The van der Waals surface area contributed by atoms with Crippen LogP contribution in [-0.2, 0) is 9.84 Å². The van der Waals surface area contributed by atoms with Gasteiger partial charge in [-0.2, -0.15) is 0 Å². The number of hydrogen-bond acceptors (Lipinski definition) is 6. The molecule has 138 valence electrons. The Bertz CT molecular complexity index is 925. The molecule has 0 aliphatic carbocycles. The molecule has 26 heavy (non-hydrogen) atoms. The fourth-order valence-corrected chi connectivity index (χ4v) is 3.99. The van der Waals surface area contributed by atoms with Gasteiger partial charge in [-0.05, 0) is 42.7 Å². The van der Waals surface area contributed by atoms with Crippen molar-refractivity contribution >= 4 is 21.2 Å². The average molecular weight is 376 g/mol. The number of ether oxygens (including phenoxy) is 1. The maximum absolute atomic E-state index is 11.7. The molecular weight excluding hydrogens is 356 g/mol. The summed E-state index contributed by atoms with van der Waals surface area (Å²) in [5.74, 6) is 0.752. The zero-order chi connectivity index (χ0) is 18.9. The molecule has 1 heterocycles. The first-order valence-corrected chi connectivity index (χ1v) is 10.1. The summed E-state index contributed by atoms with van der Waals surface area (Å²) in [6, 6.07) is 11.8. The molecule has 2 aromatic rings. The highest BCUT2D eigenvalue weighted by atomic mass is 32.2. The summed E-state index contributed by atoms with van der Waals surface area (Å²) >= 11 is 0. The Morgan fingerprint density at radius 3 is 2.46 bits per heavy atom. The van der Waals surface area contributed by atoms with E-state index in [-0.39, 0.29) is 16.6 Å². The molecule has 1 aliphatic rings. The van der Waals surface area contributed by atoms with E-state index in [4.69, 9.17) is 4.74 Å². The van der Waals surface area contributed by atoms with Gasteiger partial charge in [0.05, 0.1) is 23.0 Å². The average Bonchev–Trinajstić information content (AvgIpc) is 3.10. The van der Waals surface area contributed by atoms with Gasteiger partial charge in [-0.1, -0.05) is 12.1 Å². The molecule has 0 N–H and O–H groups in total. The molecule has 1 atom stereocenters. The standard InChI is InChI=1S/C18H20N2O5S/c1-25-14-7-5-13(6-8-14)16-4-3-11-19(16)17-10-9-15(26(2,23)24)12-18(17)20(21)22/h5-10,12,16H,3-4,11H2,1-2H3/t16-/m1/s1. The number of nitro benzene ring substituents is 1. The quantitative estimate of drug-likeness (QED) is 0.587. The van der Waals surface area contributed by atoms with Crippen LogP contribution in [0.25, 0.3) is 0 Å². The van der Waals surface area contributed by atoms with Crippen LogP contribution in [0.15, 0.2) is 47.4 Å². The summed E-state index contributed by atoms with van der Waals surface area (Å²) < 4.78 is 28.7. The predicted molar refractivity (Wildman–Crippen MR) is 98.5 cm³/mol. The van der Waals surface area contributed by atoms with Gasteiger partial charge in [-0.15, -0.1) is 0 Å². The molecule has 0 spiro atoms. The Labute approximate surface area is 152 Å². The van der Waals surface area contributed by atoms with Crippen LogP contribution in [0.1, 0.15) is 24.4 Å². The number of nitrogens with zero attached hydrogens (tertiary/aromatic N) is 2. The summed E-state index contributed by atoms with van der Waals surface area (Å²) in [5.41, 5.74) is 1.30. The van der Waals surface area contributed by atoms with Crippen LogP contribution in [0.4, 0.5) is 11.4 Å². The van der Waals surface area contributed by atoms with Gasteiger partial charge in [0.15, 0.2) is 9.84 Å². The van der Waals surface area contributed by atoms with E-state index < -0.39 is 14.8 Å². The second-order valence-corrected chi connectivity index (χ2v) is 8.32. The summed E-state index contributed by atoms with van der Waals surface area (Å²) in [5, 5.41) is 11.6. The lowest BCUT2D eigenvalue weighted by molar-refractivity contribution is -0.384. The molecule has 8 heteroatoms. The van der Waals surface area contributed by atoms with E-state index in [2.05, 4.69) is 0 Å². The first kappa shape index (κ1) is 18.2. The van der Waals surface area contributed by atoms with Gasteiger partial charge in [-0.25, -0.2) is 8.42 Å². The minimum Gasteiger partial charge on any atom is -0.497 e. The van der Waals surface area contributed by atoms with Gasteiger partial charge in [0.1, 0.15) is 11.4 Å². The fourth-order valence-electron chi connectivity index (χ4n) is 3.35. The first-order valence-electron chi connectivity index (χ1n) is 8.20. The maximum Gasteiger partial charge on any atom is 0.293 e. The number of rotatable bonds is 5. The van der Waals surface area contributed by atoms with Gasteiger partial charge < -0.3 is 9.64 Å². The normalized spacial score (nSPS) is 17.3. The zero-order valence-electron chi connectivity index (χ0n) is 14.6. The molecule has 2 aromatic carbocycles. The molecule has 0 unspecified atom stereocenters. The molecule has 7 nitrogen and oxygen atoms in total. The second kappa shape index (κ2) is 6.95. The molecule has 1 fully saturated rings. The Kier molecular flexibility index (Phi) is 4.86. The van der Waals surface area contributed by atoms with Crippen molar-refractivity contribution in [3.05, 3.63) is 58.1 Å². The van der Waals surface area contributed by atoms with Crippen molar-refractivity contribution in [2.24, 2.45) is 0 Å². The summed E-state index contributed by atoms with van der Waals surface area (Å²) in [6.45, 7) is 0.676. The Balaban J connectivity index is 2.02. The van der Waals surface area contributed by atoms with E-state index in [1.54, 1.807) is 7.11 Å². The van der Waals surface area contributed by atoms with Crippen LogP contribution in [0.2, 0.25) is 0 Å².